The van der Waals surface area contributed by atoms with Crippen LogP contribution in [0.25, 0.3) is 0 Å². The lowest BCUT2D eigenvalue weighted by Crippen LogP contribution is -2.34. The van der Waals surface area contributed by atoms with Gasteiger partial charge >= 0.3 is 6.03 Å². The summed E-state index contributed by atoms with van der Waals surface area (Å²) in [4.78, 5) is 10.4. The normalized spacial score (nSPS) is 15.0. The smallest absolute Gasteiger partial charge is 0.312 e. The van der Waals surface area contributed by atoms with Crippen LogP contribution in [0.1, 0.15) is 93.4 Å². The third-order valence-corrected chi connectivity index (χ3v) is 3.10. The number of hydrogen-bond donors (Lipinski definition) is 3. The number of nitrogens with two attached hydrogens (primary N) is 1. The van der Waals surface area contributed by atoms with Crippen LogP contribution in [0.2, 0.25) is 0 Å². The van der Waals surface area contributed by atoms with Crippen molar-refractivity contribution in [2.24, 2.45) is 17.6 Å². The Hall–Kier alpha value is -0.770. The maximum Gasteiger partial charge on any atom is 0.312 e. The minimum Gasteiger partial charge on any atom is -0.393 e. The summed E-state index contributed by atoms with van der Waals surface area (Å²) in [5.74, 6) is 1.30. The summed E-state index contributed by atoms with van der Waals surface area (Å²) < 4.78 is 0. The minimum absolute atomic E-state index is 0.125. The van der Waals surface area contributed by atoms with E-state index in [-0.39, 0.29) is 6.10 Å². The summed E-state index contributed by atoms with van der Waals surface area (Å²) in [5, 5.41) is 11.4. The van der Waals surface area contributed by atoms with Crippen LogP contribution in [0.5, 0.6) is 0 Å². The molecule has 4 heteroatoms. The van der Waals surface area contributed by atoms with Gasteiger partial charge in [0.15, 0.2) is 0 Å². The quantitative estimate of drug-likeness (QED) is 0.670. The first kappa shape index (κ1) is 27.1. The van der Waals surface area contributed by atoms with Crippen LogP contribution < -0.4 is 11.1 Å². The van der Waals surface area contributed by atoms with Crippen molar-refractivity contribution >= 4 is 6.03 Å². The predicted molar refractivity (Wildman–Crippen MR) is 103 cm³/mol. The summed E-state index contributed by atoms with van der Waals surface area (Å²) in [6.45, 7) is 15.1. The summed E-state index contributed by atoms with van der Waals surface area (Å²) in [7, 11) is 0. The molecule has 4 nitrogen and oxygen atoms in total. The highest BCUT2D eigenvalue weighted by Crippen LogP contribution is 2.22. The molecule has 1 unspecified atom stereocenters. The van der Waals surface area contributed by atoms with E-state index in [1.807, 2.05) is 20.8 Å². The first-order chi connectivity index (χ1) is 10.8. The molecule has 1 fully saturated rings. The van der Waals surface area contributed by atoms with Crippen LogP contribution in [-0.2, 0) is 0 Å². The molecular weight excluding hydrogens is 288 g/mol. The minimum atomic E-state index is -0.393. The average molecular weight is 333 g/mol. The molecule has 23 heavy (non-hydrogen) atoms. The number of primary amides is 1. The van der Waals surface area contributed by atoms with Crippen molar-refractivity contribution in [3.63, 3.8) is 0 Å². The fourth-order valence-corrected chi connectivity index (χ4v) is 2.32. The molecule has 0 radical (unpaired) electrons. The van der Waals surface area contributed by atoms with Gasteiger partial charge < -0.3 is 16.2 Å². The van der Waals surface area contributed by atoms with Gasteiger partial charge in [0.05, 0.1) is 6.10 Å². The zero-order valence-corrected chi connectivity index (χ0v) is 16.8. The summed E-state index contributed by atoms with van der Waals surface area (Å²) in [5.41, 5.74) is 4.96. The molecular formula is C19H44N2O2. The van der Waals surface area contributed by atoms with Gasteiger partial charge in [-0.25, -0.2) is 4.79 Å². The number of amides is 2. The van der Waals surface area contributed by atoms with Gasteiger partial charge in [-0.3, -0.25) is 0 Å². The Morgan fingerprint density at radius 3 is 1.83 bits per heavy atom. The molecule has 1 aliphatic carbocycles. The van der Waals surface area contributed by atoms with Gasteiger partial charge in [0, 0.05) is 6.54 Å². The Kier molecular flexibility index (Phi) is 25.0. The van der Waals surface area contributed by atoms with Crippen molar-refractivity contribution in [3.05, 3.63) is 0 Å². The van der Waals surface area contributed by atoms with E-state index in [1.54, 1.807) is 0 Å². The Bertz CT molecular complexity index is 219. The average Bonchev–Trinajstić information content (AvgIpc) is 2.48. The fraction of sp³-hybridized carbons (Fsp3) is 0.947. The second-order valence-corrected chi connectivity index (χ2v) is 6.43. The van der Waals surface area contributed by atoms with E-state index in [9.17, 15) is 4.79 Å². The summed E-state index contributed by atoms with van der Waals surface area (Å²) in [6.07, 6.45) is 8.52. The van der Waals surface area contributed by atoms with Crippen molar-refractivity contribution in [1.29, 1.82) is 0 Å². The van der Waals surface area contributed by atoms with Gasteiger partial charge in [0.1, 0.15) is 0 Å². The molecule has 1 saturated carbocycles. The van der Waals surface area contributed by atoms with E-state index < -0.39 is 6.03 Å². The largest absolute Gasteiger partial charge is 0.393 e. The number of hydrogen-bond acceptors (Lipinski definition) is 2. The fourth-order valence-electron chi connectivity index (χ4n) is 2.32. The molecule has 1 aliphatic rings. The second kappa shape index (κ2) is 21.2. The van der Waals surface area contributed by atoms with Crippen molar-refractivity contribution in [3.8, 4) is 0 Å². The van der Waals surface area contributed by atoms with Gasteiger partial charge in [0.2, 0.25) is 0 Å². The lowest BCUT2D eigenvalue weighted by atomic mass is 9.89. The molecule has 1 rings (SSSR count). The highest BCUT2D eigenvalue weighted by molar-refractivity contribution is 5.71. The van der Waals surface area contributed by atoms with Gasteiger partial charge in [-0.1, -0.05) is 67.2 Å². The van der Waals surface area contributed by atoms with E-state index in [0.717, 1.165) is 13.0 Å². The molecule has 0 aromatic carbocycles. The molecule has 2 amide bonds. The van der Waals surface area contributed by atoms with Crippen LogP contribution in [-0.4, -0.2) is 23.8 Å². The van der Waals surface area contributed by atoms with Gasteiger partial charge in [0.25, 0.3) is 0 Å². The van der Waals surface area contributed by atoms with E-state index in [4.69, 9.17) is 10.8 Å². The topological polar surface area (TPSA) is 75.3 Å². The standard InChI is InChI=1S/C8H16N2O.C6H14O.C3H8.C2H6/c9-8(11)10-6-7-4-2-1-3-5-7;1-5(2)4-6(3)7;1-3-2;1-2/h7H,1-6H2,(H3,9,10,11);5-7H,4H2,1-3H3;3H2,1-2H3;1-2H3. The van der Waals surface area contributed by atoms with Crippen LogP contribution in [0, 0.1) is 11.8 Å². The number of rotatable bonds is 4. The Balaban J connectivity index is -0.000000288. The number of urea groups is 1. The zero-order chi connectivity index (χ0) is 18.7. The highest BCUT2D eigenvalue weighted by atomic mass is 16.3. The molecule has 0 heterocycles. The maximum absolute atomic E-state index is 10.4. The predicted octanol–water partition coefficient (Wildman–Crippen LogP) is 5.09. The molecule has 0 aromatic rings. The van der Waals surface area contributed by atoms with E-state index in [2.05, 4.69) is 33.0 Å². The molecule has 0 aliphatic heterocycles. The SMILES string of the molecule is CC.CC(C)CC(C)O.CCC.NC(=O)NCC1CCCCC1. The van der Waals surface area contributed by atoms with Crippen molar-refractivity contribution in [1.82, 2.24) is 5.32 Å². The maximum atomic E-state index is 10.4. The van der Waals surface area contributed by atoms with Crippen LogP contribution in [0.3, 0.4) is 0 Å². The third-order valence-electron chi connectivity index (χ3n) is 3.10. The first-order valence-electron chi connectivity index (χ1n) is 9.54. The third kappa shape index (κ3) is 29.8. The van der Waals surface area contributed by atoms with Crippen molar-refractivity contribution in [2.45, 2.75) is 99.5 Å². The number of aliphatic hydroxyl groups is 1. The highest BCUT2D eigenvalue weighted by Gasteiger charge is 2.12. The van der Waals surface area contributed by atoms with Crippen molar-refractivity contribution in [2.75, 3.05) is 6.54 Å². The van der Waals surface area contributed by atoms with Gasteiger partial charge in [-0.05, 0) is 38.0 Å². The van der Waals surface area contributed by atoms with E-state index in [0.29, 0.717) is 11.8 Å². The zero-order valence-electron chi connectivity index (χ0n) is 16.8. The molecule has 0 saturated heterocycles. The monoisotopic (exact) mass is 332 g/mol. The number of nitrogens with one attached hydrogen (secondary N) is 1. The Morgan fingerprint density at radius 1 is 1.13 bits per heavy atom. The molecule has 142 valence electrons. The molecule has 1 atom stereocenters. The van der Waals surface area contributed by atoms with E-state index in [1.165, 1.54) is 38.5 Å². The summed E-state index contributed by atoms with van der Waals surface area (Å²) >= 11 is 0. The lowest BCUT2D eigenvalue weighted by Gasteiger charge is -2.20. The Labute approximate surface area is 145 Å². The summed E-state index contributed by atoms with van der Waals surface area (Å²) in [6, 6.07) is -0.393. The van der Waals surface area contributed by atoms with Crippen LogP contribution in [0.15, 0.2) is 0 Å². The molecule has 0 aromatic heterocycles. The van der Waals surface area contributed by atoms with Crippen LogP contribution in [0.4, 0.5) is 4.79 Å². The first-order valence-corrected chi connectivity index (χ1v) is 9.54. The van der Waals surface area contributed by atoms with Gasteiger partial charge in [-0.15, -0.1) is 0 Å². The molecule has 0 spiro atoms. The lowest BCUT2D eigenvalue weighted by molar-refractivity contribution is 0.168. The van der Waals surface area contributed by atoms with Crippen molar-refractivity contribution < 1.29 is 9.90 Å². The molecule has 0 bridgehead atoms. The number of carbonyl (C=O) groups excluding carboxylic acids is 1. The number of aliphatic hydroxyl groups excluding tert-OH is 1. The molecule has 4 N–H and O–H groups in total. The van der Waals surface area contributed by atoms with Gasteiger partial charge in [-0.2, -0.15) is 0 Å². The second-order valence-electron chi connectivity index (χ2n) is 6.43. The number of carbonyl (C=O) groups is 1. The van der Waals surface area contributed by atoms with Crippen LogP contribution >= 0.6 is 0 Å². The Morgan fingerprint density at radius 2 is 1.57 bits per heavy atom. The van der Waals surface area contributed by atoms with E-state index >= 15 is 0 Å².